The average Bonchev–Trinajstić information content (AvgIpc) is 2.45. The summed E-state index contributed by atoms with van der Waals surface area (Å²) in [4.78, 5) is 9.23. The number of nitrogens with zero attached hydrogens (tertiary/aromatic N) is 2. The van der Waals surface area contributed by atoms with Crippen molar-refractivity contribution in [1.82, 2.24) is 15.3 Å². The lowest BCUT2D eigenvalue weighted by Gasteiger charge is -2.19. The maximum atomic E-state index is 4.76. The Morgan fingerprint density at radius 1 is 1.20 bits per heavy atom. The summed E-state index contributed by atoms with van der Waals surface area (Å²) < 4.78 is 1.05. The van der Waals surface area contributed by atoms with E-state index in [0.29, 0.717) is 11.8 Å². The topological polar surface area (TPSA) is 37.8 Å². The molecule has 1 unspecified atom stereocenters. The van der Waals surface area contributed by atoms with Gasteiger partial charge in [-0.3, -0.25) is 0 Å². The van der Waals surface area contributed by atoms with Gasteiger partial charge in [0.1, 0.15) is 5.82 Å². The number of aromatic nitrogens is 2. The summed E-state index contributed by atoms with van der Waals surface area (Å²) in [6, 6.07) is 10.1. The number of nitrogens with one attached hydrogen (secondary N) is 1. The lowest BCUT2D eigenvalue weighted by atomic mass is 9.94. The Balaban J connectivity index is 2.39. The van der Waals surface area contributed by atoms with Crippen LogP contribution in [0.4, 0.5) is 0 Å². The van der Waals surface area contributed by atoms with Gasteiger partial charge in [-0.2, -0.15) is 0 Å². The fraction of sp³-hybridized carbons (Fsp3) is 0.375. The summed E-state index contributed by atoms with van der Waals surface area (Å²) in [5.41, 5.74) is 2.06. The maximum absolute atomic E-state index is 4.76. The quantitative estimate of drug-likeness (QED) is 0.902. The highest BCUT2D eigenvalue weighted by Gasteiger charge is 2.18. The van der Waals surface area contributed by atoms with Crippen LogP contribution in [0.1, 0.15) is 25.6 Å². The summed E-state index contributed by atoms with van der Waals surface area (Å²) in [5.74, 6) is 1.72. The van der Waals surface area contributed by atoms with Crippen molar-refractivity contribution in [3.63, 3.8) is 0 Å². The Labute approximate surface area is 129 Å². The van der Waals surface area contributed by atoms with E-state index in [1.165, 1.54) is 0 Å². The number of rotatable bonds is 5. The molecular weight excluding hydrogens is 314 g/mol. The van der Waals surface area contributed by atoms with Gasteiger partial charge in [0.05, 0.1) is 5.69 Å². The van der Waals surface area contributed by atoms with Gasteiger partial charge in [-0.1, -0.05) is 48.0 Å². The Kier molecular flexibility index (Phi) is 5.26. The van der Waals surface area contributed by atoms with Crippen molar-refractivity contribution in [1.29, 1.82) is 0 Å². The molecule has 0 saturated heterocycles. The Morgan fingerprint density at radius 2 is 1.95 bits per heavy atom. The van der Waals surface area contributed by atoms with Crippen molar-refractivity contribution >= 4 is 15.9 Å². The third-order valence-electron chi connectivity index (χ3n) is 3.38. The van der Waals surface area contributed by atoms with Crippen molar-refractivity contribution in [2.45, 2.75) is 19.8 Å². The minimum atomic E-state index is 0.322. The lowest BCUT2D eigenvalue weighted by Crippen LogP contribution is -2.23. The van der Waals surface area contributed by atoms with Crippen molar-refractivity contribution in [2.24, 2.45) is 5.92 Å². The third-order valence-corrected chi connectivity index (χ3v) is 4.08. The van der Waals surface area contributed by atoms with Crippen LogP contribution in [0, 0.1) is 5.92 Å². The summed E-state index contributed by atoms with van der Waals surface area (Å²) >= 11 is 3.58. The van der Waals surface area contributed by atoms with Crippen molar-refractivity contribution in [3.8, 4) is 11.3 Å². The number of likely N-dealkylation sites (N-methyl/N-ethyl adjacent to an activating group) is 1. The Hall–Kier alpha value is -1.26. The second-order valence-corrected chi connectivity index (χ2v) is 6.04. The van der Waals surface area contributed by atoms with Gasteiger partial charge < -0.3 is 5.32 Å². The molecule has 1 N–H and O–H groups in total. The van der Waals surface area contributed by atoms with E-state index in [4.69, 9.17) is 4.98 Å². The molecule has 0 aliphatic carbocycles. The zero-order valence-corrected chi connectivity index (χ0v) is 13.7. The molecule has 0 amide bonds. The summed E-state index contributed by atoms with van der Waals surface area (Å²) in [6.45, 7) is 5.30. The Bertz CT molecular complexity index is 569. The van der Waals surface area contributed by atoms with Crippen LogP contribution in [-0.2, 0) is 0 Å². The molecule has 1 heterocycles. The van der Waals surface area contributed by atoms with Crippen LogP contribution in [0.3, 0.4) is 0 Å². The molecule has 0 aliphatic heterocycles. The molecule has 0 radical (unpaired) electrons. The van der Waals surface area contributed by atoms with Gasteiger partial charge >= 0.3 is 0 Å². The molecule has 106 valence electrons. The van der Waals surface area contributed by atoms with E-state index in [1.54, 1.807) is 0 Å². The molecule has 4 heteroatoms. The minimum absolute atomic E-state index is 0.322. The second kappa shape index (κ2) is 6.95. The molecule has 0 spiro atoms. The molecule has 1 aromatic carbocycles. The predicted molar refractivity (Wildman–Crippen MR) is 86.7 cm³/mol. The lowest BCUT2D eigenvalue weighted by molar-refractivity contribution is 0.458. The Morgan fingerprint density at radius 3 is 2.60 bits per heavy atom. The van der Waals surface area contributed by atoms with E-state index in [0.717, 1.165) is 28.1 Å². The van der Waals surface area contributed by atoms with Crippen molar-refractivity contribution < 1.29 is 0 Å². The highest BCUT2D eigenvalue weighted by atomic mass is 79.9. The monoisotopic (exact) mass is 333 g/mol. The van der Waals surface area contributed by atoms with Crippen LogP contribution < -0.4 is 5.32 Å². The molecule has 20 heavy (non-hydrogen) atoms. The van der Waals surface area contributed by atoms with Crippen molar-refractivity contribution in [3.05, 3.63) is 46.8 Å². The molecular formula is C16H20BrN3. The van der Waals surface area contributed by atoms with Crippen LogP contribution in [0.2, 0.25) is 0 Å². The summed E-state index contributed by atoms with van der Waals surface area (Å²) in [7, 11) is 1.97. The van der Waals surface area contributed by atoms with E-state index in [1.807, 2.05) is 37.5 Å². The highest BCUT2D eigenvalue weighted by molar-refractivity contribution is 9.10. The maximum Gasteiger partial charge on any atom is 0.133 e. The number of hydrogen-bond acceptors (Lipinski definition) is 3. The van der Waals surface area contributed by atoms with E-state index in [9.17, 15) is 0 Å². The van der Waals surface area contributed by atoms with Crippen LogP contribution in [0.5, 0.6) is 0 Å². The van der Waals surface area contributed by atoms with Gasteiger partial charge in [0.15, 0.2) is 0 Å². The van der Waals surface area contributed by atoms with Crippen LogP contribution >= 0.6 is 15.9 Å². The normalized spacial score (nSPS) is 12.7. The van der Waals surface area contributed by atoms with Gasteiger partial charge in [0, 0.05) is 28.7 Å². The number of halogens is 1. The largest absolute Gasteiger partial charge is 0.319 e. The molecule has 0 aliphatic rings. The molecule has 0 fully saturated rings. The van der Waals surface area contributed by atoms with Gasteiger partial charge in [0.25, 0.3) is 0 Å². The first-order valence-corrected chi connectivity index (χ1v) is 7.65. The highest BCUT2D eigenvalue weighted by Crippen LogP contribution is 2.28. The van der Waals surface area contributed by atoms with Gasteiger partial charge in [0.2, 0.25) is 0 Å². The standard InChI is InChI=1S/C16H20BrN3/c1-11(2)13(10-18-3)16-19-9-8-15(20-16)12-6-4-5-7-14(12)17/h4-9,11,13,18H,10H2,1-3H3. The zero-order chi connectivity index (χ0) is 14.5. The molecule has 0 bridgehead atoms. The zero-order valence-electron chi connectivity index (χ0n) is 12.1. The molecule has 3 nitrogen and oxygen atoms in total. The fourth-order valence-corrected chi connectivity index (χ4v) is 2.70. The van der Waals surface area contributed by atoms with Crippen LogP contribution in [0.25, 0.3) is 11.3 Å². The van der Waals surface area contributed by atoms with Gasteiger partial charge in [-0.25, -0.2) is 9.97 Å². The molecule has 2 rings (SSSR count). The third kappa shape index (κ3) is 3.44. The summed E-state index contributed by atoms with van der Waals surface area (Å²) in [6.07, 6.45) is 1.85. The van der Waals surface area contributed by atoms with Gasteiger partial charge in [-0.05, 0) is 25.1 Å². The molecule has 0 saturated carbocycles. The first kappa shape index (κ1) is 15.1. The average molecular weight is 334 g/mol. The minimum Gasteiger partial charge on any atom is -0.319 e. The predicted octanol–water partition coefficient (Wildman–Crippen LogP) is 3.87. The van der Waals surface area contributed by atoms with E-state index in [2.05, 4.69) is 46.1 Å². The van der Waals surface area contributed by atoms with E-state index in [-0.39, 0.29) is 0 Å². The van der Waals surface area contributed by atoms with Crippen LogP contribution in [-0.4, -0.2) is 23.6 Å². The summed E-state index contributed by atoms with van der Waals surface area (Å²) in [5, 5.41) is 3.23. The first-order valence-electron chi connectivity index (χ1n) is 6.86. The first-order chi connectivity index (χ1) is 9.63. The fourth-order valence-electron chi connectivity index (χ4n) is 2.22. The van der Waals surface area contributed by atoms with Crippen molar-refractivity contribution in [2.75, 3.05) is 13.6 Å². The second-order valence-electron chi connectivity index (χ2n) is 5.19. The number of hydrogen-bond donors (Lipinski definition) is 1. The van der Waals surface area contributed by atoms with E-state index < -0.39 is 0 Å². The van der Waals surface area contributed by atoms with Crippen LogP contribution in [0.15, 0.2) is 41.0 Å². The SMILES string of the molecule is CNCC(c1nccc(-c2ccccc2Br)n1)C(C)C. The number of benzene rings is 1. The molecule has 1 aromatic heterocycles. The van der Waals surface area contributed by atoms with Gasteiger partial charge in [-0.15, -0.1) is 0 Å². The molecule has 2 aromatic rings. The molecule has 1 atom stereocenters. The van der Waals surface area contributed by atoms with E-state index >= 15 is 0 Å². The smallest absolute Gasteiger partial charge is 0.133 e.